The van der Waals surface area contributed by atoms with Crippen molar-refractivity contribution >= 4 is 15.7 Å². The minimum atomic E-state index is -3.71. The van der Waals surface area contributed by atoms with Crippen LogP contribution in [-0.4, -0.2) is 43.3 Å². The number of hydrogen-bond donors (Lipinski definition) is 1. The third kappa shape index (κ3) is 2.54. The van der Waals surface area contributed by atoms with E-state index < -0.39 is 14.9 Å². The average Bonchev–Trinajstić information content (AvgIpc) is 2.33. The average molecular weight is 299 g/mol. The van der Waals surface area contributed by atoms with Crippen molar-refractivity contribution in [2.75, 3.05) is 19.6 Å². The van der Waals surface area contributed by atoms with E-state index in [2.05, 4.69) is 5.32 Å². The Hall–Kier alpha value is -1.51. The lowest BCUT2D eigenvalue weighted by molar-refractivity contribution is -0.385. The van der Waals surface area contributed by atoms with Crippen LogP contribution in [0.4, 0.5) is 5.69 Å². The lowest BCUT2D eigenvalue weighted by Gasteiger charge is -2.36. The first-order valence-corrected chi connectivity index (χ1v) is 7.79. The molecule has 0 aromatic heterocycles. The van der Waals surface area contributed by atoms with E-state index in [0.717, 1.165) is 6.07 Å². The van der Waals surface area contributed by atoms with Crippen LogP contribution in [0.1, 0.15) is 12.5 Å². The molecule has 110 valence electrons. The number of sulfonamides is 1. The van der Waals surface area contributed by atoms with Gasteiger partial charge in [0.05, 0.1) is 9.82 Å². The first kappa shape index (κ1) is 14.9. The third-order valence-electron chi connectivity index (χ3n) is 3.45. The Balaban J connectivity index is 2.47. The molecule has 1 aromatic carbocycles. The number of aryl methyl sites for hydroxylation is 1. The highest BCUT2D eigenvalue weighted by molar-refractivity contribution is 7.89. The molecule has 0 saturated carbocycles. The molecule has 1 aliphatic rings. The van der Waals surface area contributed by atoms with Crippen molar-refractivity contribution in [3.63, 3.8) is 0 Å². The van der Waals surface area contributed by atoms with E-state index in [9.17, 15) is 18.5 Å². The summed E-state index contributed by atoms with van der Waals surface area (Å²) in [6.45, 7) is 4.98. The summed E-state index contributed by atoms with van der Waals surface area (Å²) in [7, 11) is -3.71. The number of nitro benzene ring substituents is 1. The van der Waals surface area contributed by atoms with Crippen LogP contribution in [0.25, 0.3) is 0 Å². The zero-order valence-electron chi connectivity index (χ0n) is 11.4. The number of nitrogens with zero attached hydrogens (tertiary/aromatic N) is 2. The van der Waals surface area contributed by atoms with Crippen LogP contribution in [0.5, 0.6) is 0 Å². The van der Waals surface area contributed by atoms with E-state index in [1.165, 1.54) is 16.4 Å². The van der Waals surface area contributed by atoms with Crippen LogP contribution in [0.2, 0.25) is 0 Å². The third-order valence-corrected chi connectivity index (χ3v) is 5.62. The van der Waals surface area contributed by atoms with Gasteiger partial charge in [-0.3, -0.25) is 10.1 Å². The number of non-ortho nitro benzene ring substituents is 1. The van der Waals surface area contributed by atoms with Gasteiger partial charge in [0.25, 0.3) is 5.69 Å². The lowest BCUT2D eigenvalue weighted by Crippen LogP contribution is -2.58. The SMILES string of the molecule is CCN(C1CNC1)S(=O)(=O)c1cc([N+](=O)[O-])ccc1C. The largest absolute Gasteiger partial charge is 0.313 e. The molecule has 0 bridgehead atoms. The van der Waals surface area contributed by atoms with Crippen molar-refractivity contribution in [2.24, 2.45) is 0 Å². The predicted molar refractivity (Wildman–Crippen MR) is 74.1 cm³/mol. The molecule has 0 spiro atoms. The predicted octanol–water partition coefficient (Wildman–Crippen LogP) is 0.886. The molecule has 0 radical (unpaired) electrons. The smallest absolute Gasteiger partial charge is 0.270 e. The van der Waals surface area contributed by atoms with Gasteiger partial charge >= 0.3 is 0 Å². The van der Waals surface area contributed by atoms with Gasteiger partial charge < -0.3 is 5.32 Å². The number of benzene rings is 1. The maximum atomic E-state index is 12.7. The molecule has 0 atom stereocenters. The standard InChI is InChI=1S/C12H17N3O4S/c1-3-14(11-7-13-8-11)20(18,19)12-6-10(15(16)17)5-4-9(12)2/h4-6,11,13H,3,7-8H2,1-2H3. The van der Waals surface area contributed by atoms with E-state index in [1.807, 2.05) is 0 Å². The zero-order chi connectivity index (χ0) is 14.9. The quantitative estimate of drug-likeness (QED) is 0.643. The maximum absolute atomic E-state index is 12.7. The monoisotopic (exact) mass is 299 g/mol. The number of hydrogen-bond acceptors (Lipinski definition) is 5. The molecule has 0 amide bonds. The van der Waals surface area contributed by atoms with Gasteiger partial charge in [0.15, 0.2) is 0 Å². The second-order valence-electron chi connectivity index (χ2n) is 4.73. The van der Waals surface area contributed by atoms with E-state index in [0.29, 0.717) is 25.2 Å². The fourth-order valence-electron chi connectivity index (χ4n) is 2.21. The second kappa shape index (κ2) is 5.47. The highest BCUT2D eigenvalue weighted by atomic mass is 32.2. The molecule has 1 aliphatic heterocycles. The Morgan fingerprint density at radius 1 is 1.45 bits per heavy atom. The van der Waals surface area contributed by atoms with Gasteiger partial charge in [0.2, 0.25) is 10.0 Å². The normalized spacial score (nSPS) is 16.1. The lowest BCUT2D eigenvalue weighted by atomic mass is 10.2. The van der Waals surface area contributed by atoms with Gasteiger partial charge in [-0.15, -0.1) is 0 Å². The van der Waals surface area contributed by atoms with Crippen LogP contribution in [0, 0.1) is 17.0 Å². The Morgan fingerprint density at radius 2 is 2.10 bits per heavy atom. The van der Waals surface area contributed by atoms with Crippen LogP contribution < -0.4 is 5.32 Å². The van der Waals surface area contributed by atoms with E-state index >= 15 is 0 Å². The van der Waals surface area contributed by atoms with Gasteiger partial charge in [-0.1, -0.05) is 13.0 Å². The van der Waals surface area contributed by atoms with Gasteiger partial charge in [0, 0.05) is 37.8 Å². The Labute approximate surface area is 117 Å². The zero-order valence-corrected chi connectivity index (χ0v) is 12.2. The first-order valence-electron chi connectivity index (χ1n) is 6.35. The van der Waals surface area contributed by atoms with Gasteiger partial charge in [-0.2, -0.15) is 4.31 Å². The van der Waals surface area contributed by atoms with Crippen LogP contribution >= 0.6 is 0 Å². The fraction of sp³-hybridized carbons (Fsp3) is 0.500. The van der Waals surface area contributed by atoms with Gasteiger partial charge in [-0.25, -0.2) is 8.42 Å². The molecule has 1 saturated heterocycles. The van der Waals surface area contributed by atoms with E-state index in [4.69, 9.17) is 0 Å². The summed E-state index contributed by atoms with van der Waals surface area (Å²) >= 11 is 0. The van der Waals surface area contributed by atoms with Crippen molar-refractivity contribution in [1.29, 1.82) is 0 Å². The van der Waals surface area contributed by atoms with Crippen molar-refractivity contribution in [2.45, 2.75) is 24.8 Å². The summed E-state index contributed by atoms with van der Waals surface area (Å²) in [6.07, 6.45) is 0. The number of rotatable bonds is 5. The second-order valence-corrected chi connectivity index (χ2v) is 6.59. The van der Waals surface area contributed by atoms with Crippen LogP contribution in [0.15, 0.2) is 23.1 Å². The maximum Gasteiger partial charge on any atom is 0.270 e. The summed E-state index contributed by atoms with van der Waals surface area (Å²) < 4.78 is 26.7. The first-order chi connectivity index (χ1) is 9.37. The van der Waals surface area contributed by atoms with Crippen LogP contribution in [0.3, 0.4) is 0 Å². The molecular formula is C12H17N3O4S. The summed E-state index contributed by atoms with van der Waals surface area (Å²) in [5.74, 6) is 0. The molecule has 1 N–H and O–H groups in total. The van der Waals surface area contributed by atoms with Crippen molar-refractivity contribution in [3.05, 3.63) is 33.9 Å². The van der Waals surface area contributed by atoms with E-state index in [-0.39, 0.29) is 16.6 Å². The molecular weight excluding hydrogens is 282 g/mol. The highest BCUT2D eigenvalue weighted by Gasteiger charge is 2.35. The van der Waals surface area contributed by atoms with Gasteiger partial charge in [0.1, 0.15) is 0 Å². The molecule has 0 aliphatic carbocycles. The van der Waals surface area contributed by atoms with E-state index in [1.54, 1.807) is 13.8 Å². The number of likely N-dealkylation sites (N-methyl/N-ethyl adjacent to an activating group) is 1. The minimum Gasteiger partial charge on any atom is -0.313 e. The van der Waals surface area contributed by atoms with Crippen molar-refractivity contribution in [3.8, 4) is 0 Å². The minimum absolute atomic E-state index is 0.0143. The fourth-order valence-corrected chi connectivity index (χ4v) is 4.09. The summed E-state index contributed by atoms with van der Waals surface area (Å²) in [5, 5.41) is 13.8. The summed E-state index contributed by atoms with van der Waals surface area (Å²) in [6, 6.07) is 3.84. The molecule has 2 rings (SSSR count). The molecule has 7 nitrogen and oxygen atoms in total. The van der Waals surface area contributed by atoms with Crippen molar-refractivity contribution in [1.82, 2.24) is 9.62 Å². The summed E-state index contributed by atoms with van der Waals surface area (Å²) in [4.78, 5) is 10.2. The molecule has 1 heterocycles. The molecule has 1 aromatic rings. The molecule has 0 unspecified atom stereocenters. The van der Waals surface area contributed by atoms with Crippen molar-refractivity contribution < 1.29 is 13.3 Å². The Kier molecular flexibility index (Phi) is 4.07. The molecule has 20 heavy (non-hydrogen) atoms. The molecule has 1 fully saturated rings. The van der Waals surface area contributed by atoms with Gasteiger partial charge in [-0.05, 0) is 12.5 Å². The van der Waals surface area contributed by atoms with Crippen LogP contribution in [-0.2, 0) is 10.0 Å². The molecule has 8 heteroatoms. The highest BCUT2D eigenvalue weighted by Crippen LogP contribution is 2.26. The Morgan fingerprint density at radius 3 is 2.55 bits per heavy atom. The number of nitrogens with one attached hydrogen (secondary N) is 1. The summed E-state index contributed by atoms with van der Waals surface area (Å²) in [5.41, 5.74) is 0.304. The Bertz CT molecular complexity index is 626. The number of nitro groups is 1. The topological polar surface area (TPSA) is 92.6 Å².